The number of hydrogen-bond acceptors (Lipinski definition) is 3. The molecule has 3 heteroatoms. The van der Waals surface area contributed by atoms with E-state index in [0.717, 1.165) is 36.8 Å². The molecule has 1 aromatic carbocycles. The monoisotopic (exact) mass is 283 g/mol. The van der Waals surface area contributed by atoms with Gasteiger partial charge in [0.2, 0.25) is 0 Å². The molecule has 1 aromatic heterocycles. The fraction of sp³-hybridized carbons (Fsp3) is 0.500. The van der Waals surface area contributed by atoms with Gasteiger partial charge in [0, 0.05) is 30.2 Å². The van der Waals surface area contributed by atoms with Crippen LogP contribution < -0.4 is 10.2 Å². The Morgan fingerprint density at radius 3 is 2.95 bits per heavy atom. The molecule has 0 aliphatic carbocycles. The third-order valence-corrected chi connectivity index (χ3v) is 4.28. The van der Waals surface area contributed by atoms with Crippen molar-refractivity contribution in [1.29, 1.82) is 0 Å². The highest BCUT2D eigenvalue weighted by Gasteiger charge is 2.24. The highest BCUT2D eigenvalue weighted by Crippen LogP contribution is 2.29. The fourth-order valence-corrected chi connectivity index (χ4v) is 3.10. The maximum absolute atomic E-state index is 4.76. The van der Waals surface area contributed by atoms with E-state index in [1.54, 1.807) is 0 Å². The Labute approximate surface area is 127 Å². The van der Waals surface area contributed by atoms with Gasteiger partial charge in [-0.25, -0.2) is 0 Å². The maximum Gasteiger partial charge on any atom is 0.0938 e. The van der Waals surface area contributed by atoms with Crippen LogP contribution in [0.25, 0.3) is 10.9 Å². The van der Waals surface area contributed by atoms with Crippen LogP contribution in [0.1, 0.15) is 26.0 Å². The van der Waals surface area contributed by atoms with E-state index in [4.69, 9.17) is 4.98 Å². The summed E-state index contributed by atoms with van der Waals surface area (Å²) in [5, 5.41) is 4.80. The smallest absolute Gasteiger partial charge is 0.0938 e. The summed E-state index contributed by atoms with van der Waals surface area (Å²) in [4.78, 5) is 7.26. The average molecular weight is 283 g/mol. The number of hydrogen-bond donors (Lipinski definition) is 1. The molecule has 1 saturated heterocycles. The van der Waals surface area contributed by atoms with Gasteiger partial charge in [0.05, 0.1) is 11.2 Å². The molecule has 1 fully saturated rings. The SMILES string of the molecule is Cc1ccc2cccc(N3CCC(CNC(C)C)C3)c2n1. The van der Waals surface area contributed by atoms with Gasteiger partial charge in [0.15, 0.2) is 0 Å². The highest BCUT2D eigenvalue weighted by molar-refractivity contribution is 5.91. The van der Waals surface area contributed by atoms with Crippen LogP contribution in [-0.4, -0.2) is 30.7 Å². The van der Waals surface area contributed by atoms with Crippen molar-refractivity contribution in [2.24, 2.45) is 5.92 Å². The second-order valence-corrected chi connectivity index (χ2v) is 6.47. The van der Waals surface area contributed by atoms with E-state index in [1.807, 2.05) is 0 Å². The Morgan fingerprint density at radius 1 is 1.29 bits per heavy atom. The molecular weight excluding hydrogens is 258 g/mol. The molecular formula is C18H25N3. The largest absolute Gasteiger partial charge is 0.369 e. The zero-order valence-electron chi connectivity index (χ0n) is 13.3. The molecule has 1 aliphatic heterocycles. The Hall–Kier alpha value is -1.61. The fourth-order valence-electron chi connectivity index (χ4n) is 3.10. The van der Waals surface area contributed by atoms with E-state index in [0.29, 0.717) is 6.04 Å². The molecule has 3 nitrogen and oxygen atoms in total. The molecule has 2 heterocycles. The lowest BCUT2D eigenvalue weighted by atomic mass is 10.1. The summed E-state index contributed by atoms with van der Waals surface area (Å²) in [6.45, 7) is 9.88. The van der Waals surface area contributed by atoms with Gasteiger partial charge in [0.1, 0.15) is 0 Å². The first-order chi connectivity index (χ1) is 10.1. The third-order valence-electron chi connectivity index (χ3n) is 4.28. The van der Waals surface area contributed by atoms with Crippen molar-refractivity contribution in [2.45, 2.75) is 33.2 Å². The summed E-state index contributed by atoms with van der Waals surface area (Å²) in [5.41, 5.74) is 3.53. The first-order valence-electron chi connectivity index (χ1n) is 7.98. The van der Waals surface area contributed by atoms with Crippen LogP contribution in [0.2, 0.25) is 0 Å². The van der Waals surface area contributed by atoms with Gasteiger partial charge >= 0.3 is 0 Å². The summed E-state index contributed by atoms with van der Waals surface area (Å²) < 4.78 is 0. The van der Waals surface area contributed by atoms with E-state index in [2.05, 4.69) is 61.3 Å². The average Bonchev–Trinajstić information content (AvgIpc) is 2.93. The molecule has 0 saturated carbocycles. The van der Waals surface area contributed by atoms with Crippen LogP contribution in [0.15, 0.2) is 30.3 Å². The number of aromatic nitrogens is 1. The number of nitrogens with one attached hydrogen (secondary N) is 1. The lowest BCUT2D eigenvalue weighted by Crippen LogP contribution is -2.30. The minimum Gasteiger partial charge on any atom is -0.369 e. The number of anilines is 1. The third kappa shape index (κ3) is 3.18. The van der Waals surface area contributed by atoms with Crippen molar-refractivity contribution in [3.63, 3.8) is 0 Å². The number of rotatable bonds is 4. The maximum atomic E-state index is 4.76. The minimum atomic E-state index is 0.570. The molecule has 1 unspecified atom stereocenters. The number of aryl methyl sites for hydroxylation is 1. The predicted molar refractivity (Wildman–Crippen MR) is 89.9 cm³/mol. The Morgan fingerprint density at radius 2 is 2.14 bits per heavy atom. The summed E-state index contributed by atoms with van der Waals surface area (Å²) in [6, 6.07) is 11.3. The van der Waals surface area contributed by atoms with Crippen molar-refractivity contribution in [1.82, 2.24) is 10.3 Å². The van der Waals surface area contributed by atoms with Crippen molar-refractivity contribution >= 4 is 16.6 Å². The second-order valence-electron chi connectivity index (χ2n) is 6.47. The van der Waals surface area contributed by atoms with Crippen molar-refractivity contribution in [3.8, 4) is 0 Å². The second kappa shape index (κ2) is 6.02. The van der Waals surface area contributed by atoms with Crippen LogP contribution in [-0.2, 0) is 0 Å². The van der Waals surface area contributed by atoms with Gasteiger partial charge in [-0.1, -0.05) is 32.0 Å². The molecule has 112 valence electrons. The molecule has 0 bridgehead atoms. The zero-order chi connectivity index (χ0) is 14.8. The summed E-state index contributed by atoms with van der Waals surface area (Å²) >= 11 is 0. The van der Waals surface area contributed by atoms with Crippen LogP contribution >= 0.6 is 0 Å². The molecule has 0 spiro atoms. The lowest BCUT2D eigenvalue weighted by Gasteiger charge is -2.21. The zero-order valence-corrected chi connectivity index (χ0v) is 13.3. The number of para-hydroxylation sites is 1. The van der Waals surface area contributed by atoms with Gasteiger partial charge in [-0.05, 0) is 37.9 Å². The first-order valence-corrected chi connectivity index (χ1v) is 7.98. The van der Waals surface area contributed by atoms with Crippen molar-refractivity contribution in [3.05, 3.63) is 36.0 Å². The van der Waals surface area contributed by atoms with E-state index in [-0.39, 0.29) is 0 Å². The number of fused-ring (bicyclic) bond motifs is 1. The van der Waals surface area contributed by atoms with Gasteiger partial charge in [-0.15, -0.1) is 0 Å². The Kier molecular flexibility index (Phi) is 4.11. The molecule has 1 atom stereocenters. The van der Waals surface area contributed by atoms with Crippen LogP contribution in [0.4, 0.5) is 5.69 Å². The predicted octanol–water partition coefficient (Wildman–Crippen LogP) is 3.37. The minimum absolute atomic E-state index is 0.570. The number of benzene rings is 1. The lowest BCUT2D eigenvalue weighted by molar-refractivity contribution is 0.480. The van der Waals surface area contributed by atoms with Gasteiger partial charge in [0.25, 0.3) is 0 Å². The highest BCUT2D eigenvalue weighted by atomic mass is 15.2. The van der Waals surface area contributed by atoms with Crippen molar-refractivity contribution in [2.75, 3.05) is 24.5 Å². The van der Waals surface area contributed by atoms with E-state index in [1.165, 1.54) is 17.5 Å². The molecule has 1 aliphatic rings. The van der Waals surface area contributed by atoms with Crippen LogP contribution in [0.3, 0.4) is 0 Å². The van der Waals surface area contributed by atoms with Crippen LogP contribution in [0, 0.1) is 12.8 Å². The van der Waals surface area contributed by atoms with Gasteiger partial charge in [-0.3, -0.25) is 4.98 Å². The normalized spacial score (nSPS) is 18.9. The Bertz CT molecular complexity index is 621. The van der Waals surface area contributed by atoms with Crippen molar-refractivity contribution < 1.29 is 0 Å². The molecule has 21 heavy (non-hydrogen) atoms. The summed E-state index contributed by atoms with van der Waals surface area (Å²) in [6.07, 6.45) is 1.27. The van der Waals surface area contributed by atoms with Crippen LogP contribution in [0.5, 0.6) is 0 Å². The van der Waals surface area contributed by atoms with E-state index >= 15 is 0 Å². The first kappa shape index (κ1) is 14.3. The van der Waals surface area contributed by atoms with Gasteiger partial charge in [-0.2, -0.15) is 0 Å². The van der Waals surface area contributed by atoms with Gasteiger partial charge < -0.3 is 10.2 Å². The molecule has 3 rings (SSSR count). The quantitative estimate of drug-likeness (QED) is 0.932. The molecule has 1 N–H and O–H groups in total. The molecule has 0 amide bonds. The Balaban J connectivity index is 1.80. The molecule has 0 radical (unpaired) electrons. The summed E-state index contributed by atoms with van der Waals surface area (Å²) in [5.74, 6) is 0.743. The number of pyridine rings is 1. The standard InChI is InChI=1S/C18H25N3/c1-13(2)19-11-15-9-10-21(12-15)17-6-4-5-16-8-7-14(3)20-18(16)17/h4-8,13,15,19H,9-12H2,1-3H3. The van der Waals surface area contributed by atoms with E-state index in [9.17, 15) is 0 Å². The van der Waals surface area contributed by atoms with E-state index < -0.39 is 0 Å². The number of nitrogens with zero attached hydrogens (tertiary/aromatic N) is 2. The topological polar surface area (TPSA) is 28.2 Å². The molecule has 2 aromatic rings. The summed E-state index contributed by atoms with van der Waals surface area (Å²) in [7, 11) is 0.